The predicted molar refractivity (Wildman–Crippen MR) is 78.8 cm³/mol. The topological polar surface area (TPSA) is 37.3 Å². The largest absolute Gasteiger partial charge is 0.341 e. The molecular weight excluding hydrogens is 243 g/mol. The van der Waals surface area contributed by atoms with Crippen LogP contribution in [0.5, 0.6) is 0 Å². The molecule has 2 nitrogen and oxygen atoms in total. The van der Waals surface area contributed by atoms with Crippen molar-refractivity contribution >= 4 is 12.7 Å². The lowest BCUT2D eigenvalue weighted by Gasteiger charge is -2.11. The van der Waals surface area contributed by atoms with E-state index in [-0.39, 0.29) is 0 Å². The van der Waals surface area contributed by atoms with Crippen molar-refractivity contribution in [2.45, 2.75) is 51.9 Å². The van der Waals surface area contributed by atoms with Crippen LogP contribution in [0.1, 0.15) is 51.9 Å². The molecule has 0 bridgehead atoms. The van der Waals surface area contributed by atoms with E-state index in [4.69, 9.17) is 0 Å². The van der Waals surface area contributed by atoms with E-state index >= 15 is 0 Å². The van der Waals surface area contributed by atoms with Gasteiger partial charge >= 0.3 is 0 Å². The van der Waals surface area contributed by atoms with Crippen LogP contribution in [0.15, 0.2) is 30.3 Å². The van der Waals surface area contributed by atoms with Crippen LogP contribution in [0.2, 0.25) is 0 Å². The maximum Gasteiger partial charge on any atom is 0.229 e. The van der Waals surface area contributed by atoms with Crippen LogP contribution in [0, 0.1) is 0 Å². The van der Waals surface area contributed by atoms with E-state index in [0.29, 0.717) is 11.5 Å². The Kier molecular flexibility index (Phi) is 7.31. The normalized spacial score (nSPS) is 14.3. The first kappa shape index (κ1) is 15.5. The lowest BCUT2D eigenvalue weighted by Crippen LogP contribution is -2.06. The minimum atomic E-state index is -3.11. The molecule has 0 aliphatic rings. The van der Waals surface area contributed by atoms with Gasteiger partial charge in [-0.3, -0.25) is 4.57 Å². The maximum absolute atomic E-state index is 12.1. The average molecular weight is 268 g/mol. The lowest BCUT2D eigenvalue weighted by atomic mass is 10.1. The fraction of sp³-hybridized carbons (Fsp3) is 0.600. The second-order valence-electron chi connectivity index (χ2n) is 4.88. The first-order valence-corrected chi connectivity index (χ1v) is 8.89. The summed E-state index contributed by atoms with van der Waals surface area (Å²) in [6, 6.07) is 9.02. The Morgan fingerprint density at radius 2 is 1.50 bits per heavy atom. The first-order valence-electron chi connectivity index (χ1n) is 7.04. The van der Waals surface area contributed by atoms with Gasteiger partial charge < -0.3 is 4.89 Å². The Hall–Kier alpha value is -0.590. The third kappa shape index (κ3) is 5.84. The van der Waals surface area contributed by atoms with E-state index in [1.807, 2.05) is 18.2 Å². The summed E-state index contributed by atoms with van der Waals surface area (Å²) in [7, 11) is -3.11. The summed E-state index contributed by atoms with van der Waals surface area (Å²) in [4.78, 5) is 9.98. The molecule has 0 heterocycles. The molecule has 102 valence electrons. The molecule has 1 aromatic carbocycles. The molecule has 1 rings (SSSR count). The molecular formula is C15H25O2P. The molecule has 1 aromatic rings. The molecule has 1 N–H and O–H groups in total. The van der Waals surface area contributed by atoms with Crippen LogP contribution >= 0.6 is 7.37 Å². The van der Waals surface area contributed by atoms with Crippen LogP contribution in [-0.2, 0) is 4.57 Å². The van der Waals surface area contributed by atoms with Gasteiger partial charge in [0.1, 0.15) is 0 Å². The van der Waals surface area contributed by atoms with Gasteiger partial charge in [-0.15, -0.1) is 0 Å². The zero-order valence-corrected chi connectivity index (χ0v) is 12.2. The van der Waals surface area contributed by atoms with Gasteiger partial charge in [0.15, 0.2) is 0 Å². The molecule has 18 heavy (non-hydrogen) atoms. The molecule has 0 fully saturated rings. The van der Waals surface area contributed by atoms with Crippen molar-refractivity contribution in [2.75, 3.05) is 6.16 Å². The monoisotopic (exact) mass is 268 g/mol. The van der Waals surface area contributed by atoms with E-state index in [0.717, 1.165) is 12.8 Å². The number of unbranched alkanes of at least 4 members (excludes halogenated alkanes) is 6. The summed E-state index contributed by atoms with van der Waals surface area (Å²) in [6.45, 7) is 2.21. The molecule has 0 saturated heterocycles. The summed E-state index contributed by atoms with van der Waals surface area (Å²) < 4.78 is 12.1. The van der Waals surface area contributed by atoms with Crippen LogP contribution < -0.4 is 5.30 Å². The van der Waals surface area contributed by atoms with Crippen LogP contribution in [-0.4, -0.2) is 11.1 Å². The van der Waals surface area contributed by atoms with Crippen molar-refractivity contribution < 1.29 is 9.46 Å². The smallest absolute Gasteiger partial charge is 0.229 e. The molecule has 0 aromatic heterocycles. The fourth-order valence-electron chi connectivity index (χ4n) is 2.07. The van der Waals surface area contributed by atoms with Gasteiger partial charge in [-0.2, -0.15) is 0 Å². The highest BCUT2D eigenvalue weighted by atomic mass is 31.2. The fourth-order valence-corrected chi connectivity index (χ4v) is 3.62. The number of hydrogen-bond acceptors (Lipinski definition) is 1. The van der Waals surface area contributed by atoms with Crippen LogP contribution in [0.25, 0.3) is 0 Å². The highest BCUT2D eigenvalue weighted by Crippen LogP contribution is 2.40. The zero-order chi connectivity index (χ0) is 13.3. The number of hydrogen-bond donors (Lipinski definition) is 1. The molecule has 1 unspecified atom stereocenters. The Balaban J connectivity index is 2.20. The van der Waals surface area contributed by atoms with Gasteiger partial charge in [-0.1, -0.05) is 63.6 Å². The molecule has 0 radical (unpaired) electrons. The van der Waals surface area contributed by atoms with Gasteiger partial charge in [0.25, 0.3) is 0 Å². The average Bonchev–Trinajstić information content (AvgIpc) is 2.39. The molecule has 1 atom stereocenters. The summed E-state index contributed by atoms with van der Waals surface area (Å²) in [5, 5.41) is 0.594. The Morgan fingerprint density at radius 3 is 2.11 bits per heavy atom. The van der Waals surface area contributed by atoms with Crippen LogP contribution in [0.4, 0.5) is 0 Å². The lowest BCUT2D eigenvalue weighted by molar-refractivity contribution is 0.485. The van der Waals surface area contributed by atoms with E-state index < -0.39 is 7.37 Å². The standard InChI is InChI=1S/C15H25O2P/c1-2-3-4-5-6-7-11-14-18(16,17)15-12-9-8-10-13-15/h8-10,12-13H,2-7,11,14H2,1H3,(H,16,17). The van der Waals surface area contributed by atoms with Crippen molar-refractivity contribution in [2.24, 2.45) is 0 Å². The van der Waals surface area contributed by atoms with E-state index in [1.165, 1.54) is 32.1 Å². The van der Waals surface area contributed by atoms with Gasteiger partial charge in [0.05, 0.1) is 0 Å². The van der Waals surface area contributed by atoms with Gasteiger partial charge in [0.2, 0.25) is 7.37 Å². The molecule has 3 heteroatoms. The van der Waals surface area contributed by atoms with E-state index in [1.54, 1.807) is 12.1 Å². The summed E-state index contributed by atoms with van der Waals surface area (Å²) in [6.07, 6.45) is 8.67. The summed E-state index contributed by atoms with van der Waals surface area (Å²) in [5.41, 5.74) is 0. The third-order valence-electron chi connectivity index (χ3n) is 3.22. The highest BCUT2D eigenvalue weighted by Gasteiger charge is 2.19. The second kappa shape index (κ2) is 8.50. The van der Waals surface area contributed by atoms with Crippen molar-refractivity contribution in [3.8, 4) is 0 Å². The minimum absolute atomic E-state index is 0.421. The predicted octanol–water partition coefficient (Wildman–Crippen LogP) is 4.33. The second-order valence-corrected chi connectivity index (χ2v) is 7.25. The zero-order valence-electron chi connectivity index (χ0n) is 11.3. The molecule has 0 saturated carbocycles. The number of rotatable bonds is 9. The quantitative estimate of drug-likeness (QED) is 0.534. The minimum Gasteiger partial charge on any atom is -0.341 e. The highest BCUT2D eigenvalue weighted by molar-refractivity contribution is 7.66. The van der Waals surface area contributed by atoms with Gasteiger partial charge in [-0.05, 0) is 18.6 Å². The molecule has 0 spiro atoms. The Morgan fingerprint density at radius 1 is 0.944 bits per heavy atom. The van der Waals surface area contributed by atoms with Crippen molar-refractivity contribution in [3.05, 3.63) is 30.3 Å². The van der Waals surface area contributed by atoms with Crippen molar-refractivity contribution in [3.63, 3.8) is 0 Å². The SMILES string of the molecule is CCCCCCCCCP(=O)(O)c1ccccc1. The number of benzene rings is 1. The molecule has 0 aliphatic heterocycles. The van der Waals surface area contributed by atoms with Crippen molar-refractivity contribution in [1.29, 1.82) is 0 Å². The molecule has 0 aliphatic carbocycles. The maximum atomic E-state index is 12.1. The Bertz CT molecular complexity index is 362. The van der Waals surface area contributed by atoms with Crippen LogP contribution in [0.3, 0.4) is 0 Å². The van der Waals surface area contributed by atoms with E-state index in [2.05, 4.69) is 6.92 Å². The van der Waals surface area contributed by atoms with Crippen molar-refractivity contribution in [1.82, 2.24) is 0 Å². The van der Waals surface area contributed by atoms with Gasteiger partial charge in [0, 0.05) is 11.5 Å². The van der Waals surface area contributed by atoms with E-state index in [9.17, 15) is 9.46 Å². The Labute approximate surface area is 111 Å². The first-order chi connectivity index (χ1) is 8.67. The molecule has 0 amide bonds. The third-order valence-corrected chi connectivity index (χ3v) is 5.25. The summed E-state index contributed by atoms with van der Waals surface area (Å²) >= 11 is 0. The summed E-state index contributed by atoms with van der Waals surface area (Å²) in [5.74, 6) is 0. The van der Waals surface area contributed by atoms with Gasteiger partial charge in [-0.25, -0.2) is 0 Å².